The Labute approximate surface area is 163 Å². The Bertz CT molecular complexity index is 630. The molecule has 4 heteroatoms. The highest BCUT2D eigenvalue weighted by molar-refractivity contribution is 5.67. The van der Waals surface area contributed by atoms with Crippen molar-refractivity contribution in [2.24, 2.45) is 46.3 Å². The van der Waals surface area contributed by atoms with Gasteiger partial charge in [0.05, 0.1) is 12.2 Å². The zero-order valence-corrected chi connectivity index (χ0v) is 17.0. The van der Waals surface area contributed by atoms with Crippen molar-refractivity contribution in [2.75, 3.05) is 0 Å². The van der Waals surface area contributed by atoms with Crippen molar-refractivity contribution in [1.29, 1.82) is 0 Å². The first-order valence-electron chi connectivity index (χ1n) is 10.9. The van der Waals surface area contributed by atoms with Gasteiger partial charge in [0, 0.05) is 6.42 Å². The minimum absolute atomic E-state index is 0.101. The van der Waals surface area contributed by atoms with E-state index in [-0.39, 0.29) is 41.3 Å². The number of aliphatic hydroxyl groups is 2. The normalized spacial score (nSPS) is 52.6. The Hall–Kier alpha value is -0.870. The quantitative estimate of drug-likeness (QED) is 0.654. The highest BCUT2D eigenvalue weighted by Crippen LogP contribution is 2.66. The number of hydrogen-bond acceptors (Lipinski definition) is 3. The molecule has 0 radical (unpaired) electrons. The van der Waals surface area contributed by atoms with Crippen molar-refractivity contribution in [2.45, 2.75) is 77.9 Å². The molecule has 3 fully saturated rings. The van der Waals surface area contributed by atoms with E-state index in [0.717, 1.165) is 38.5 Å². The van der Waals surface area contributed by atoms with Gasteiger partial charge in [0.15, 0.2) is 0 Å². The van der Waals surface area contributed by atoms with Crippen LogP contribution in [0, 0.1) is 46.3 Å². The first-order chi connectivity index (χ1) is 12.7. The maximum Gasteiger partial charge on any atom is 0.303 e. The molecule has 0 aromatic carbocycles. The third-order valence-electron chi connectivity index (χ3n) is 9.50. The van der Waals surface area contributed by atoms with Crippen molar-refractivity contribution in [3.63, 3.8) is 0 Å². The molecule has 0 aromatic heterocycles. The Balaban J connectivity index is 1.64. The smallest absolute Gasteiger partial charge is 0.303 e. The second-order valence-electron chi connectivity index (χ2n) is 10.6. The maximum absolute atomic E-state index is 11.4. The Morgan fingerprint density at radius 2 is 1.85 bits per heavy atom. The van der Waals surface area contributed by atoms with Gasteiger partial charge in [-0.15, -0.1) is 0 Å². The van der Waals surface area contributed by atoms with E-state index in [4.69, 9.17) is 0 Å². The molecular weight excluding hydrogens is 340 g/mol. The van der Waals surface area contributed by atoms with Crippen molar-refractivity contribution in [1.82, 2.24) is 0 Å². The fourth-order valence-electron chi connectivity index (χ4n) is 7.95. The van der Waals surface area contributed by atoms with Crippen LogP contribution in [0.15, 0.2) is 12.2 Å². The molecule has 27 heavy (non-hydrogen) atoms. The van der Waals surface area contributed by atoms with Crippen LogP contribution in [0.3, 0.4) is 0 Å². The minimum Gasteiger partial charge on any atom is -0.481 e. The fourth-order valence-corrected chi connectivity index (χ4v) is 7.95. The summed E-state index contributed by atoms with van der Waals surface area (Å²) < 4.78 is 0. The van der Waals surface area contributed by atoms with Gasteiger partial charge >= 0.3 is 5.97 Å². The van der Waals surface area contributed by atoms with Gasteiger partial charge in [-0.2, -0.15) is 0 Å². The summed E-state index contributed by atoms with van der Waals surface area (Å²) in [7, 11) is 0. The van der Waals surface area contributed by atoms with Crippen molar-refractivity contribution < 1.29 is 20.1 Å². The van der Waals surface area contributed by atoms with Gasteiger partial charge < -0.3 is 15.3 Å². The van der Waals surface area contributed by atoms with Gasteiger partial charge in [-0.25, -0.2) is 0 Å². The molecule has 0 amide bonds. The number of carbonyl (C=O) groups is 1. The zero-order chi connectivity index (χ0) is 19.6. The van der Waals surface area contributed by atoms with Gasteiger partial charge in [0.2, 0.25) is 0 Å². The lowest BCUT2D eigenvalue weighted by molar-refractivity contribution is -0.149. The van der Waals surface area contributed by atoms with E-state index in [0.29, 0.717) is 23.7 Å². The van der Waals surface area contributed by atoms with E-state index in [2.05, 4.69) is 32.9 Å². The first kappa shape index (κ1) is 19.4. The molecule has 0 aromatic rings. The molecule has 0 bridgehead atoms. The molecule has 3 N–H and O–H groups in total. The third-order valence-corrected chi connectivity index (χ3v) is 9.50. The number of aliphatic carboxylic acids is 1. The molecule has 3 saturated carbocycles. The second kappa shape index (κ2) is 6.59. The number of hydrogen-bond donors (Lipinski definition) is 3. The van der Waals surface area contributed by atoms with E-state index < -0.39 is 5.97 Å². The summed E-state index contributed by atoms with van der Waals surface area (Å²) in [6.07, 6.45) is 10.2. The number of carboxylic acids is 1. The van der Waals surface area contributed by atoms with Crippen molar-refractivity contribution >= 4 is 5.97 Å². The van der Waals surface area contributed by atoms with Crippen molar-refractivity contribution in [3.05, 3.63) is 12.2 Å². The van der Waals surface area contributed by atoms with Gasteiger partial charge in [-0.1, -0.05) is 32.9 Å². The van der Waals surface area contributed by atoms with Crippen LogP contribution in [0.1, 0.15) is 65.7 Å². The standard InChI is InChI=1S/C23H36O4/c1-13(10-21(26)27)17-6-7-18-16-5-4-14-11-15(24)8-9-22(14,2)19(16)12-20(25)23(17,18)3/h4-5,13-20,24-25H,6-12H2,1-3H3,(H,26,27)/t13-,14+,15+,16-,17+,18-,19-,20-,22+,23+/m1/s1. The summed E-state index contributed by atoms with van der Waals surface area (Å²) in [6, 6.07) is 0. The highest BCUT2D eigenvalue weighted by atomic mass is 16.4. The third kappa shape index (κ3) is 2.81. The molecule has 0 saturated heterocycles. The summed E-state index contributed by atoms with van der Waals surface area (Å²) >= 11 is 0. The van der Waals surface area contributed by atoms with Gasteiger partial charge in [-0.3, -0.25) is 4.79 Å². The predicted molar refractivity (Wildman–Crippen MR) is 104 cm³/mol. The van der Waals surface area contributed by atoms with E-state index in [1.54, 1.807) is 0 Å². The Kier molecular flexibility index (Phi) is 4.74. The van der Waals surface area contributed by atoms with Crippen LogP contribution in [0.5, 0.6) is 0 Å². The average molecular weight is 377 g/mol. The monoisotopic (exact) mass is 376 g/mol. The summed E-state index contributed by atoms with van der Waals surface area (Å²) in [5.41, 5.74) is -0.0104. The number of fused-ring (bicyclic) bond motifs is 5. The largest absolute Gasteiger partial charge is 0.481 e. The molecule has 4 nitrogen and oxygen atoms in total. The molecular formula is C23H36O4. The summed E-state index contributed by atoms with van der Waals surface area (Å²) in [5, 5.41) is 30.8. The molecule has 10 atom stereocenters. The molecule has 152 valence electrons. The van der Waals surface area contributed by atoms with E-state index >= 15 is 0 Å². The summed E-state index contributed by atoms with van der Waals surface area (Å²) in [5.74, 6) is 1.46. The van der Waals surface area contributed by atoms with Crippen LogP contribution < -0.4 is 0 Å². The SMILES string of the molecule is C[C@H](CC(=O)O)[C@@H]1CC[C@@H]2[C@H]3C=C[C@H]4C[C@@H](O)CC[C@]4(C)[C@@H]3C[C@@H](O)[C@]21C. The molecule has 4 aliphatic rings. The first-order valence-corrected chi connectivity index (χ1v) is 10.9. The Morgan fingerprint density at radius 3 is 2.56 bits per heavy atom. The van der Waals surface area contributed by atoms with Crippen LogP contribution >= 0.6 is 0 Å². The minimum atomic E-state index is -0.730. The van der Waals surface area contributed by atoms with Gasteiger partial charge in [-0.05, 0) is 84.9 Å². The molecule has 0 aliphatic heterocycles. The topological polar surface area (TPSA) is 77.8 Å². The van der Waals surface area contributed by atoms with Crippen LogP contribution in [-0.2, 0) is 4.79 Å². The summed E-state index contributed by atoms with van der Waals surface area (Å²) in [6.45, 7) is 6.68. The number of rotatable bonds is 3. The molecule has 4 rings (SSSR count). The lowest BCUT2D eigenvalue weighted by Crippen LogP contribution is -2.57. The molecule has 4 aliphatic carbocycles. The molecule has 0 heterocycles. The van der Waals surface area contributed by atoms with Crippen LogP contribution in [-0.4, -0.2) is 33.5 Å². The predicted octanol–water partition coefficient (Wildman–Crippen LogP) is 3.86. The highest BCUT2D eigenvalue weighted by Gasteiger charge is 2.62. The van der Waals surface area contributed by atoms with Gasteiger partial charge in [0.25, 0.3) is 0 Å². The van der Waals surface area contributed by atoms with Crippen LogP contribution in [0.4, 0.5) is 0 Å². The Morgan fingerprint density at radius 1 is 1.11 bits per heavy atom. The lowest BCUT2D eigenvalue weighted by Gasteiger charge is -2.60. The van der Waals surface area contributed by atoms with Crippen molar-refractivity contribution in [3.8, 4) is 0 Å². The maximum atomic E-state index is 11.4. The van der Waals surface area contributed by atoms with E-state index in [9.17, 15) is 20.1 Å². The number of carboxylic acid groups (broad SMARTS) is 1. The summed E-state index contributed by atoms with van der Waals surface area (Å²) in [4.78, 5) is 11.3. The second-order valence-corrected chi connectivity index (χ2v) is 10.6. The van der Waals surface area contributed by atoms with Crippen LogP contribution in [0.25, 0.3) is 0 Å². The average Bonchev–Trinajstić information content (AvgIpc) is 2.95. The zero-order valence-electron chi connectivity index (χ0n) is 17.0. The number of aliphatic hydroxyl groups excluding tert-OH is 2. The fraction of sp³-hybridized carbons (Fsp3) is 0.870. The lowest BCUT2D eigenvalue weighted by atomic mass is 9.45. The van der Waals surface area contributed by atoms with E-state index in [1.807, 2.05) is 0 Å². The number of allylic oxidation sites excluding steroid dienone is 2. The molecule has 0 unspecified atom stereocenters. The van der Waals surface area contributed by atoms with Gasteiger partial charge in [0.1, 0.15) is 0 Å². The van der Waals surface area contributed by atoms with Crippen LogP contribution in [0.2, 0.25) is 0 Å². The molecule has 0 spiro atoms. The van der Waals surface area contributed by atoms with E-state index in [1.165, 1.54) is 0 Å².